The second kappa shape index (κ2) is 8.74. The second-order valence-electron chi connectivity index (χ2n) is 8.85. The molecule has 3 unspecified atom stereocenters. The van der Waals surface area contributed by atoms with Crippen LogP contribution in [0.3, 0.4) is 0 Å². The number of aliphatic hydroxyl groups is 1. The zero-order valence-corrected chi connectivity index (χ0v) is 18.9. The molecular weight excluding hydrogens is 467 g/mol. The van der Waals surface area contributed by atoms with Gasteiger partial charge in [-0.25, -0.2) is 4.68 Å². The number of carbonyl (C=O) groups is 1. The van der Waals surface area contributed by atoms with E-state index in [9.17, 15) is 23.1 Å². The first-order chi connectivity index (χ1) is 16.3. The molecule has 1 aliphatic heterocycles. The van der Waals surface area contributed by atoms with Gasteiger partial charge in [-0.05, 0) is 55.2 Å². The highest BCUT2D eigenvalue weighted by Gasteiger charge is 2.46. The predicted molar refractivity (Wildman–Crippen MR) is 121 cm³/mol. The van der Waals surface area contributed by atoms with Crippen LogP contribution in [0.1, 0.15) is 58.8 Å². The van der Waals surface area contributed by atoms with Crippen LogP contribution in [0.2, 0.25) is 5.02 Å². The van der Waals surface area contributed by atoms with E-state index in [-0.39, 0.29) is 23.5 Å². The van der Waals surface area contributed by atoms with E-state index in [0.29, 0.717) is 12.8 Å². The monoisotopic (exact) mass is 489 g/mol. The van der Waals surface area contributed by atoms with Crippen molar-refractivity contribution in [2.24, 2.45) is 0 Å². The van der Waals surface area contributed by atoms with Gasteiger partial charge in [-0.1, -0.05) is 36.6 Å². The maximum Gasteiger partial charge on any atom is 0.417 e. The molecule has 1 N–H and O–H groups in total. The van der Waals surface area contributed by atoms with Crippen LogP contribution in [0.25, 0.3) is 5.69 Å². The van der Waals surface area contributed by atoms with Gasteiger partial charge in [0.25, 0.3) is 5.91 Å². The second-order valence-corrected chi connectivity index (χ2v) is 9.23. The van der Waals surface area contributed by atoms with Gasteiger partial charge in [0.05, 0.1) is 34.5 Å². The summed E-state index contributed by atoms with van der Waals surface area (Å²) in [7, 11) is 0. The molecule has 2 heterocycles. The molecule has 0 saturated heterocycles. The number of nitrogens with zero attached hydrogens (tertiary/aromatic N) is 3. The topological polar surface area (TPSA) is 58.4 Å². The number of carbonyl (C=O) groups excluding carboxylic acids is 1. The molecule has 1 aromatic heterocycles. The lowest BCUT2D eigenvalue weighted by Crippen LogP contribution is -2.47. The zero-order chi connectivity index (χ0) is 24.0. The quantitative estimate of drug-likeness (QED) is 0.520. The number of rotatable bonds is 4. The minimum Gasteiger partial charge on any atom is -0.391 e. The van der Waals surface area contributed by atoms with Crippen LogP contribution in [0, 0.1) is 0 Å². The normalized spacial score (nSPS) is 22.8. The van der Waals surface area contributed by atoms with Crippen LogP contribution in [-0.2, 0) is 12.6 Å². The van der Waals surface area contributed by atoms with Crippen LogP contribution in [-0.4, -0.2) is 37.8 Å². The first-order valence-electron chi connectivity index (χ1n) is 11.2. The minimum absolute atomic E-state index is 0.175. The minimum atomic E-state index is -4.64. The van der Waals surface area contributed by atoms with Crippen molar-refractivity contribution in [3.05, 3.63) is 82.1 Å². The van der Waals surface area contributed by atoms with Gasteiger partial charge in [-0.3, -0.25) is 4.79 Å². The molecule has 5 nitrogen and oxygen atoms in total. The number of hydrogen-bond acceptors (Lipinski definition) is 3. The molecule has 1 amide bonds. The van der Waals surface area contributed by atoms with Crippen molar-refractivity contribution >= 4 is 17.5 Å². The summed E-state index contributed by atoms with van der Waals surface area (Å²) in [6, 6.07) is 10.2. The number of halogens is 4. The summed E-state index contributed by atoms with van der Waals surface area (Å²) in [4.78, 5) is 15.0. The molecule has 2 aliphatic rings. The summed E-state index contributed by atoms with van der Waals surface area (Å²) in [5.41, 5.74) is 1.09. The van der Waals surface area contributed by atoms with Gasteiger partial charge < -0.3 is 10.0 Å². The van der Waals surface area contributed by atoms with Gasteiger partial charge in [-0.15, -0.1) is 0 Å². The van der Waals surface area contributed by atoms with Crippen LogP contribution < -0.4 is 0 Å². The number of fused-ring (bicyclic) bond motifs is 1. The summed E-state index contributed by atoms with van der Waals surface area (Å²) in [6.07, 6.45) is 1.24. The van der Waals surface area contributed by atoms with Crippen molar-refractivity contribution in [2.75, 3.05) is 0 Å². The van der Waals surface area contributed by atoms with E-state index in [1.807, 2.05) is 36.5 Å². The summed E-state index contributed by atoms with van der Waals surface area (Å²) in [5, 5.41) is 14.4. The summed E-state index contributed by atoms with van der Waals surface area (Å²) in [5.74, 6) is -0.380. The Bertz CT molecular complexity index is 1200. The number of amides is 1. The Labute approximate surface area is 199 Å². The fourth-order valence-electron chi connectivity index (χ4n) is 5.17. The lowest BCUT2D eigenvalue weighted by molar-refractivity contribution is -0.137. The third kappa shape index (κ3) is 3.99. The smallest absolute Gasteiger partial charge is 0.391 e. The highest BCUT2D eigenvalue weighted by Crippen LogP contribution is 2.47. The van der Waals surface area contributed by atoms with E-state index in [2.05, 4.69) is 5.10 Å². The Hall–Kier alpha value is -2.84. The Balaban J connectivity index is 1.56. The summed E-state index contributed by atoms with van der Waals surface area (Å²) in [6.45, 7) is 0. The Morgan fingerprint density at radius 2 is 1.82 bits per heavy atom. The molecule has 1 fully saturated rings. The van der Waals surface area contributed by atoms with Crippen LogP contribution in [0.4, 0.5) is 13.2 Å². The number of aromatic nitrogens is 2. The molecular formula is C25H23ClF3N3O2. The van der Waals surface area contributed by atoms with E-state index in [4.69, 9.17) is 11.6 Å². The molecule has 3 atom stereocenters. The van der Waals surface area contributed by atoms with Crippen LogP contribution >= 0.6 is 11.6 Å². The third-order valence-corrected chi connectivity index (χ3v) is 7.21. The maximum atomic E-state index is 13.6. The average Bonchev–Trinajstić information content (AvgIpc) is 3.42. The van der Waals surface area contributed by atoms with Crippen LogP contribution in [0.15, 0.2) is 54.9 Å². The fourth-order valence-corrected chi connectivity index (χ4v) is 5.57. The molecule has 5 rings (SSSR count). The SMILES string of the molecule is O=C1c2ccc(C(F)(F)F)c(Cl)c2C(Cc2ccc(-n3cccn3)cc2)N1C1CCCCC1O. The molecule has 0 bridgehead atoms. The lowest BCUT2D eigenvalue weighted by Gasteiger charge is -2.39. The molecule has 9 heteroatoms. The van der Waals surface area contributed by atoms with Crippen molar-refractivity contribution in [1.82, 2.24) is 14.7 Å². The number of aliphatic hydroxyl groups excluding tert-OH is 1. The molecule has 0 radical (unpaired) electrons. The van der Waals surface area contributed by atoms with Gasteiger partial charge in [-0.2, -0.15) is 18.3 Å². The van der Waals surface area contributed by atoms with E-state index < -0.39 is 35.0 Å². The molecule has 2 aromatic carbocycles. The van der Waals surface area contributed by atoms with E-state index in [0.717, 1.165) is 30.2 Å². The van der Waals surface area contributed by atoms with Gasteiger partial charge in [0.1, 0.15) is 0 Å². The first-order valence-corrected chi connectivity index (χ1v) is 11.6. The number of benzene rings is 2. The van der Waals surface area contributed by atoms with Crippen LogP contribution in [0.5, 0.6) is 0 Å². The highest BCUT2D eigenvalue weighted by atomic mass is 35.5. The van der Waals surface area contributed by atoms with Crippen molar-refractivity contribution in [3.8, 4) is 5.69 Å². The van der Waals surface area contributed by atoms with Gasteiger partial charge in [0.2, 0.25) is 0 Å². The van der Waals surface area contributed by atoms with Crippen molar-refractivity contribution in [3.63, 3.8) is 0 Å². The largest absolute Gasteiger partial charge is 0.417 e. The molecule has 34 heavy (non-hydrogen) atoms. The van der Waals surface area contributed by atoms with Gasteiger partial charge in [0, 0.05) is 23.5 Å². The molecule has 3 aromatic rings. The lowest BCUT2D eigenvalue weighted by atomic mass is 9.89. The summed E-state index contributed by atoms with van der Waals surface area (Å²) >= 11 is 6.33. The Morgan fingerprint density at radius 1 is 1.09 bits per heavy atom. The van der Waals surface area contributed by atoms with Crippen molar-refractivity contribution in [2.45, 2.75) is 56.5 Å². The average molecular weight is 490 g/mol. The fraction of sp³-hybridized carbons (Fsp3) is 0.360. The first kappa shape index (κ1) is 22.9. The Morgan fingerprint density at radius 3 is 2.47 bits per heavy atom. The third-order valence-electron chi connectivity index (χ3n) is 6.80. The highest BCUT2D eigenvalue weighted by molar-refractivity contribution is 6.33. The molecule has 0 spiro atoms. The zero-order valence-electron chi connectivity index (χ0n) is 18.2. The maximum absolute atomic E-state index is 13.6. The molecule has 1 saturated carbocycles. The van der Waals surface area contributed by atoms with E-state index in [1.165, 1.54) is 6.07 Å². The van der Waals surface area contributed by atoms with Gasteiger partial charge >= 0.3 is 6.18 Å². The number of hydrogen-bond donors (Lipinski definition) is 1. The predicted octanol–water partition coefficient (Wildman–Crippen LogP) is 5.59. The van der Waals surface area contributed by atoms with Crippen molar-refractivity contribution < 1.29 is 23.1 Å². The van der Waals surface area contributed by atoms with Crippen molar-refractivity contribution in [1.29, 1.82) is 0 Å². The standard InChI is InChI=1S/C25H23ClF3N3O2/c26-23-18(25(27,28)29)11-10-17-22(23)20(32(24(17)34)19-4-1-2-5-21(19)33)14-15-6-8-16(9-7-15)31-13-3-12-30-31/h3,6-13,19-21,33H,1-2,4-5,14H2. The Kier molecular flexibility index (Phi) is 5.90. The summed E-state index contributed by atoms with van der Waals surface area (Å²) < 4.78 is 42.6. The molecule has 178 valence electrons. The van der Waals surface area contributed by atoms with E-state index >= 15 is 0 Å². The number of alkyl halides is 3. The van der Waals surface area contributed by atoms with Gasteiger partial charge in [0.15, 0.2) is 0 Å². The van der Waals surface area contributed by atoms with E-state index in [1.54, 1.807) is 15.8 Å². The molecule has 1 aliphatic carbocycles.